The molecule has 2 atom stereocenters. The first kappa shape index (κ1) is 14.5. The monoisotopic (exact) mass is 242 g/mol. The Hall–Kier alpha value is -0.610. The van der Waals surface area contributed by atoms with Crippen LogP contribution in [-0.4, -0.2) is 49.2 Å². The molecule has 1 rings (SSSR count). The zero-order valence-corrected chi connectivity index (χ0v) is 11.5. The molecule has 1 fully saturated rings. The van der Waals surface area contributed by atoms with Crippen LogP contribution in [-0.2, 0) is 9.53 Å². The maximum atomic E-state index is 12.2. The minimum Gasteiger partial charge on any atom is -0.383 e. The van der Waals surface area contributed by atoms with Gasteiger partial charge in [-0.3, -0.25) is 4.79 Å². The Balaban J connectivity index is 2.56. The van der Waals surface area contributed by atoms with Crippen LogP contribution in [0.5, 0.6) is 0 Å². The average Bonchev–Trinajstić information content (AvgIpc) is 2.60. The third kappa shape index (κ3) is 3.96. The Bertz CT molecular complexity index is 238. The predicted octanol–water partition coefficient (Wildman–Crippen LogP) is 1.40. The maximum absolute atomic E-state index is 12.2. The van der Waals surface area contributed by atoms with Crippen molar-refractivity contribution in [1.29, 1.82) is 0 Å². The van der Waals surface area contributed by atoms with Crippen LogP contribution in [0.25, 0.3) is 0 Å². The normalized spacial score (nSPS) is 22.5. The van der Waals surface area contributed by atoms with E-state index in [4.69, 9.17) is 4.74 Å². The van der Waals surface area contributed by atoms with Crippen molar-refractivity contribution >= 4 is 5.91 Å². The second kappa shape index (κ2) is 6.97. The van der Waals surface area contributed by atoms with Crippen LogP contribution in [0.2, 0.25) is 0 Å². The van der Waals surface area contributed by atoms with Gasteiger partial charge < -0.3 is 15.0 Å². The van der Waals surface area contributed by atoms with Crippen LogP contribution in [0.1, 0.15) is 40.0 Å². The summed E-state index contributed by atoms with van der Waals surface area (Å²) < 4.78 is 5.22. The molecular formula is C13H26N2O2. The molecule has 0 saturated carbocycles. The van der Waals surface area contributed by atoms with Crippen molar-refractivity contribution in [1.82, 2.24) is 10.2 Å². The van der Waals surface area contributed by atoms with E-state index in [9.17, 15) is 4.79 Å². The molecule has 1 heterocycles. The molecule has 1 N–H and O–H groups in total. The van der Waals surface area contributed by atoms with Gasteiger partial charge in [-0.2, -0.15) is 0 Å². The molecule has 1 aliphatic heterocycles. The van der Waals surface area contributed by atoms with Gasteiger partial charge in [-0.15, -0.1) is 0 Å². The number of carbonyl (C=O) groups is 1. The third-order valence-electron chi connectivity index (χ3n) is 3.20. The number of rotatable bonds is 7. The van der Waals surface area contributed by atoms with Crippen molar-refractivity contribution in [3.8, 4) is 0 Å². The van der Waals surface area contributed by atoms with E-state index in [2.05, 4.69) is 26.1 Å². The lowest BCUT2D eigenvalue weighted by atomic mass is 10.1. The molecule has 0 aromatic rings. The van der Waals surface area contributed by atoms with Crippen molar-refractivity contribution < 1.29 is 9.53 Å². The molecule has 0 aromatic heterocycles. The van der Waals surface area contributed by atoms with Gasteiger partial charge >= 0.3 is 0 Å². The fourth-order valence-corrected chi connectivity index (χ4v) is 2.48. The topological polar surface area (TPSA) is 41.6 Å². The van der Waals surface area contributed by atoms with Gasteiger partial charge in [-0.1, -0.05) is 27.2 Å². The largest absolute Gasteiger partial charge is 0.383 e. The Labute approximate surface area is 105 Å². The number of nitrogens with zero attached hydrogens (tertiary/aromatic N) is 1. The van der Waals surface area contributed by atoms with Gasteiger partial charge in [0.05, 0.1) is 18.7 Å². The van der Waals surface area contributed by atoms with E-state index in [-0.39, 0.29) is 18.0 Å². The van der Waals surface area contributed by atoms with E-state index < -0.39 is 0 Å². The highest BCUT2D eigenvalue weighted by Crippen LogP contribution is 2.18. The number of amides is 1. The second-order valence-corrected chi connectivity index (χ2v) is 5.09. The van der Waals surface area contributed by atoms with Crippen LogP contribution in [0.3, 0.4) is 0 Å². The molecule has 4 heteroatoms. The summed E-state index contributed by atoms with van der Waals surface area (Å²) in [4.78, 5) is 14.2. The fraction of sp³-hybridized carbons (Fsp3) is 0.923. The van der Waals surface area contributed by atoms with Gasteiger partial charge in [-0.25, -0.2) is 0 Å². The predicted molar refractivity (Wildman–Crippen MR) is 69.0 cm³/mol. The van der Waals surface area contributed by atoms with E-state index in [0.29, 0.717) is 12.6 Å². The first-order valence-corrected chi connectivity index (χ1v) is 6.65. The van der Waals surface area contributed by atoms with Crippen molar-refractivity contribution in [3.05, 3.63) is 0 Å². The van der Waals surface area contributed by atoms with E-state index in [0.717, 1.165) is 25.8 Å². The standard InChI is InChI=1S/C13H26N2O2/c1-5-6-11(9-17-4)15-8-7-12(13(15)16)14-10(2)3/h10-12,14H,5-9H2,1-4H3. The summed E-state index contributed by atoms with van der Waals surface area (Å²) in [6.07, 6.45) is 3.02. The van der Waals surface area contributed by atoms with Gasteiger partial charge in [0.15, 0.2) is 0 Å². The van der Waals surface area contributed by atoms with Crippen LogP contribution < -0.4 is 5.32 Å². The van der Waals surface area contributed by atoms with Crippen molar-refractivity contribution in [2.75, 3.05) is 20.3 Å². The maximum Gasteiger partial charge on any atom is 0.240 e. The average molecular weight is 242 g/mol. The first-order chi connectivity index (χ1) is 8.10. The van der Waals surface area contributed by atoms with Gasteiger partial charge in [0.2, 0.25) is 5.91 Å². The Kier molecular flexibility index (Phi) is 5.92. The highest BCUT2D eigenvalue weighted by atomic mass is 16.5. The fourth-order valence-electron chi connectivity index (χ4n) is 2.48. The zero-order chi connectivity index (χ0) is 12.8. The number of hydrogen-bond donors (Lipinski definition) is 1. The second-order valence-electron chi connectivity index (χ2n) is 5.09. The van der Waals surface area contributed by atoms with E-state index in [1.165, 1.54) is 0 Å². The summed E-state index contributed by atoms with van der Waals surface area (Å²) >= 11 is 0. The molecule has 100 valence electrons. The zero-order valence-electron chi connectivity index (χ0n) is 11.5. The molecule has 0 spiro atoms. The first-order valence-electron chi connectivity index (χ1n) is 6.65. The van der Waals surface area contributed by atoms with Crippen LogP contribution >= 0.6 is 0 Å². The lowest BCUT2D eigenvalue weighted by Gasteiger charge is -2.27. The number of methoxy groups -OCH3 is 1. The highest BCUT2D eigenvalue weighted by molar-refractivity contribution is 5.84. The number of nitrogens with one attached hydrogen (secondary N) is 1. The summed E-state index contributed by atoms with van der Waals surface area (Å²) in [6, 6.07) is 0.610. The molecule has 2 unspecified atom stereocenters. The molecule has 1 amide bonds. The van der Waals surface area contributed by atoms with Crippen molar-refractivity contribution in [3.63, 3.8) is 0 Å². The lowest BCUT2D eigenvalue weighted by Crippen LogP contribution is -2.46. The number of ether oxygens (including phenoxy) is 1. The lowest BCUT2D eigenvalue weighted by molar-refractivity contribution is -0.132. The van der Waals surface area contributed by atoms with Crippen LogP contribution in [0, 0.1) is 0 Å². The third-order valence-corrected chi connectivity index (χ3v) is 3.20. The van der Waals surface area contributed by atoms with Gasteiger partial charge in [0.1, 0.15) is 0 Å². The minimum atomic E-state index is 0.00575. The van der Waals surface area contributed by atoms with Crippen molar-refractivity contribution in [2.24, 2.45) is 0 Å². The molecule has 0 aliphatic carbocycles. The molecular weight excluding hydrogens is 216 g/mol. The van der Waals surface area contributed by atoms with Gasteiger partial charge in [0, 0.05) is 19.7 Å². The number of carbonyl (C=O) groups excluding carboxylic acids is 1. The molecule has 4 nitrogen and oxygen atoms in total. The minimum absolute atomic E-state index is 0.00575. The Morgan fingerprint density at radius 1 is 1.53 bits per heavy atom. The van der Waals surface area contributed by atoms with E-state index in [1.807, 2.05) is 4.90 Å². The van der Waals surface area contributed by atoms with E-state index >= 15 is 0 Å². The molecule has 0 aromatic carbocycles. The van der Waals surface area contributed by atoms with Gasteiger partial charge in [-0.05, 0) is 12.8 Å². The van der Waals surface area contributed by atoms with Crippen LogP contribution in [0.4, 0.5) is 0 Å². The summed E-state index contributed by atoms with van der Waals surface area (Å²) in [5, 5.41) is 3.33. The molecule has 0 radical (unpaired) electrons. The molecule has 17 heavy (non-hydrogen) atoms. The Morgan fingerprint density at radius 3 is 2.76 bits per heavy atom. The number of likely N-dealkylation sites (tertiary alicyclic amines) is 1. The Morgan fingerprint density at radius 2 is 2.24 bits per heavy atom. The molecule has 0 bridgehead atoms. The van der Waals surface area contributed by atoms with Crippen LogP contribution in [0.15, 0.2) is 0 Å². The van der Waals surface area contributed by atoms with Crippen molar-refractivity contribution in [2.45, 2.75) is 58.2 Å². The van der Waals surface area contributed by atoms with Gasteiger partial charge in [0.25, 0.3) is 0 Å². The number of hydrogen-bond acceptors (Lipinski definition) is 3. The smallest absolute Gasteiger partial charge is 0.240 e. The summed E-state index contributed by atoms with van der Waals surface area (Å²) in [5.41, 5.74) is 0. The summed E-state index contributed by atoms with van der Waals surface area (Å²) in [5.74, 6) is 0.245. The quantitative estimate of drug-likeness (QED) is 0.734. The highest BCUT2D eigenvalue weighted by Gasteiger charge is 2.35. The summed E-state index contributed by atoms with van der Waals surface area (Å²) in [7, 11) is 1.70. The summed E-state index contributed by atoms with van der Waals surface area (Å²) in [6.45, 7) is 7.81. The molecule has 1 saturated heterocycles. The van der Waals surface area contributed by atoms with E-state index in [1.54, 1.807) is 7.11 Å². The molecule has 1 aliphatic rings. The SMILES string of the molecule is CCCC(COC)N1CCC(NC(C)C)C1=O.